The number of aliphatic hydroxyl groups is 3. The molecule has 0 aromatic rings. The summed E-state index contributed by atoms with van der Waals surface area (Å²) in [6, 6.07) is 0. The summed E-state index contributed by atoms with van der Waals surface area (Å²) < 4.78 is 63.7. The van der Waals surface area contributed by atoms with Gasteiger partial charge in [-0.15, -0.1) is 0 Å². The predicted octanol–water partition coefficient (Wildman–Crippen LogP) is 5.63. The van der Waals surface area contributed by atoms with E-state index in [1.54, 1.807) is 40.2 Å². The number of ether oxygens (including phenoxy) is 10. The molecule has 354 valence electrons. The first-order valence-electron chi connectivity index (χ1n) is 23.3. The van der Waals surface area contributed by atoms with Crippen molar-refractivity contribution in [3.63, 3.8) is 0 Å². The Balaban J connectivity index is 1.19. The second-order valence-electron chi connectivity index (χ2n) is 19.3. The van der Waals surface area contributed by atoms with Crippen molar-refractivity contribution >= 4 is 5.97 Å². The number of carbonyl (C=O) groups excluding carboxylic acids is 1. The lowest BCUT2D eigenvalue weighted by molar-refractivity contribution is -0.318. The van der Waals surface area contributed by atoms with Gasteiger partial charge in [-0.05, 0) is 62.8 Å². The molecule has 7 aliphatic rings. The van der Waals surface area contributed by atoms with E-state index in [1.165, 1.54) is 0 Å². The van der Waals surface area contributed by atoms with E-state index in [0.717, 1.165) is 12.0 Å². The van der Waals surface area contributed by atoms with Gasteiger partial charge in [0.1, 0.15) is 29.8 Å². The molecule has 1 spiro atoms. The summed E-state index contributed by atoms with van der Waals surface area (Å²) in [4.78, 5) is 14.5. The maximum Gasteiger partial charge on any atom is 0.316 e. The van der Waals surface area contributed by atoms with E-state index >= 15 is 0 Å². The van der Waals surface area contributed by atoms with E-state index in [4.69, 9.17) is 47.4 Å². The van der Waals surface area contributed by atoms with Crippen LogP contribution in [0.4, 0.5) is 0 Å². The van der Waals surface area contributed by atoms with Gasteiger partial charge >= 0.3 is 5.97 Å². The Morgan fingerprint density at radius 3 is 2.33 bits per heavy atom. The molecule has 14 heteroatoms. The average Bonchev–Trinajstić information content (AvgIpc) is 3.25. The largest absolute Gasteiger partial charge is 0.462 e. The standard InChI is InChI=1S/C49H74O14/c1-11-26(2)45-29(5)17-18-48(63-45)23-35-20-34(62-48)16-15-28(4)44(60-41-22-39(55-10)46(32(8)58-41)61-40-21-38(54-9)43(51)31(7)57-40)27(3)13-12-14-33-24-56-25-37-42(50)30(6)19-36(47(52)59-35)49(33,37)53/h12-15,17-19,26-27,29,31-32,34-46,50-51,53H,11,16,20-25H2,1-10H3/t26-,27-,29-,31-,32-,34+,35-,36-,37+,38-,39-,40-,41-,42+,43-,44-,45+,46-,48?,49+/m0/s1. The summed E-state index contributed by atoms with van der Waals surface area (Å²) in [5.74, 6) is -3.28. The highest BCUT2D eigenvalue weighted by Gasteiger charge is 2.58. The average molecular weight is 887 g/mol. The van der Waals surface area contributed by atoms with E-state index in [2.05, 4.69) is 39.8 Å². The third-order valence-corrected chi connectivity index (χ3v) is 14.9. The molecule has 1 unspecified atom stereocenters. The number of aliphatic hydroxyl groups excluding tert-OH is 2. The van der Waals surface area contributed by atoms with Gasteiger partial charge < -0.3 is 62.7 Å². The highest BCUT2D eigenvalue weighted by molar-refractivity contribution is 5.78. The van der Waals surface area contributed by atoms with E-state index in [-0.39, 0.29) is 49.3 Å². The van der Waals surface area contributed by atoms with Crippen molar-refractivity contribution in [2.75, 3.05) is 27.4 Å². The maximum absolute atomic E-state index is 14.5. The second kappa shape index (κ2) is 20.3. The van der Waals surface area contributed by atoms with Crippen molar-refractivity contribution in [3.05, 3.63) is 59.3 Å². The normalized spacial score (nSPS) is 46.6. The van der Waals surface area contributed by atoms with Crippen molar-refractivity contribution in [2.45, 2.75) is 185 Å². The molecule has 4 saturated heterocycles. The first kappa shape index (κ1) is 48.6. The molecule has 0 aromatic heterocycles. The summed E-state index contributed by atoms with van der Waals surface area (Å²) in [7, 11) is 3.22. The van der Waals surface area contributed by atoms with Crippen molar-refractivity contribution < 1.29 is 67.5 Å². The number of carbonyl (C=O) groups is 1. The summed E-state index contributed by atoms with van der Waals surface area (Å²) in [5, 5.41) is 34.6. The van der Waals surface area contributed by atoms with Crippen LogP contribution in [0, 0.1) is 29.6 Å². The molecular weight excluding hydrogens is 813 g/mol. The molecule has 6 heterocycles. The maximum atomic E-state index is 14.5. The summed E-state index contributed by atoms with van der Waals surface area (Å²) in [6.45, 7) is 16.3. The van der Waals surface area contributed by atoms with Crippen molar-refractivity contribution in [3.8, 4) is 0 Å². The van der Waals surface area contributed by atoms with Crippen LogP contribution in [0.15, 0.2) is 59.3 Å². The number of rotatable bonds is 8. The van der Waals surface area contributed by atoms with Crippen LogP contribution in [0.3, 0.4) is 0 Å². The molecule has 7 rings (SSSR count). The summed E-state index contributed by atoms with van der Waals surface area (Å²) in [6.07, 6.45) is 9.81. The fourth-order valence-corrected chi connectivity index (χ4v) is 10.9. The first-order chi connectivity index (χ1) is 30.0. The molecule has 0 aromatic carbocycles. The molecule has 1 aliphatic carbocycles. The van der Waals surface area contributed by atoms with Gasteiger partial charge in [-0.2, -0.15) is 0 Å². The quantitative estimate of drug-likeness (QED) is 0.203. The highest BCUT2D eigenvalue weighted by atomic mass is 16.7. The zero-order chi connectivity index (χ0) is 45.4. The Labute approximate surface area is 373 Å². The Morgan fingerprint density at radius 1 is 0.889 bits per heavy atom. The molecule has 14 nitrogen and oxygen atoms in total. The SMILES string of the molecule is CC[C@H](C)[C@H]1OC2(C=C[C@@H]1C)C[C@@H]1C[C@@H](CC=C(C)[C@@H](O[C@H]3C[C@H](OC)[C@@H](O[C@H]4C[C@H](OC)[C@@H](O)[C@H](C)O4)[C@H](C)O3)[C@@H](C)C=CC=C3COC[C@@H]4[C@H](O)C(C)=C[C@@H](C(=O)O1)[C@]34O)O2. The van der Waals surface area contributed by atoms with E-state index < -0.39 is 90.6 Å². The number of allylic oxidation sites excluding steroid dienone is 2. The van der Waals surface area contributed by atoms with E-state index in [1.807, 2.05) is 32.1 Å². The van der Waals surface area contributed by atoms with Crippen LogP contribution >= 0.6 is 0 Å². The second-order valence-corrected chi connectivity index (χ2v) is 19.3. The van der Waals surface area contributed by atoms with Gasteiger partial charge in [0, 0.05) is 57.7 Å². The Hall–Kier alpha value is -2.31. The topological polar surface area (TPSA) is 170 Å². The van der Waals surface area contributed by atoms with Crippen LogP contribution in [-0.2, 0) is 52.2 Å². The van der Waals surface area contributed by atoms with Crippen molar-refractivity contribution in [1.82, 2.24) is 0 Å². The summed E-state index contributed by atoms with van der Waals surface area (Å²) >= 11 is 0. The molecule has 2 bridgehead atoms. The van der Waals surface area contributed by atoms with Crippen LogP contribution in [-0.4, -0.2) is 140 Å². The smallest absolute Gasteiger partial charge is 0.316 e. The Kier molecular flexibility index (Phi) is 15.7. The van der Waals surface area contributed by atoms with Gasteiger partial charge in [0.2, 0.25) is 0 Å². The predicted molar refractivity (Wildman–Crippen MR) is 232 cm³/mol. The van der Waals surface area contributed by atoms with Crippen LogP contribution in [0.5, 0.6) is 0 Å². The molecular formula is C49H74O14. The lowest BCUT2D eigenvalue weighted by atomic mass is 9.64. The van der Waals surface area contributed by atoms with Crippen LogP contribution in [0.1, 0.15) is 93.9 Å². The van der Waals surface area contributed by atoms with Crippen molar-refractivity contribution in [1.29, 1.82) is 0 Å². The molecule has 6 aliphatic heterocycles. The highest BCUT2D eigenvalue weighted by Crippen LogP contribution is 2.47. The molecule has 0 radical (unpaired) electrons. The number of methoxy groups -OCH3 is 2. The minimum absolute atomic E-state index is 0.0806. The fraction of sp³-hybridized carbons (Fsp3) is 0.776. The number of fused-ring (bicyclic) bond motifs is 2. The molecule has 0 amide bonds. The first-order valence-corrected chi connectivity index (χ1v) is 23.3. The molecule has 0 saturated carbocycles. The van der Waals surface area contributed by atoms with E-state index in [0.29, 0.717) is 43.3 Å². The lowest BCUT2D eigenvalue weighted by Gasteiger charge is -2.50. The van der Waals surface area contributed by atoms with Gasteiger partial charge in [0.25, 0.3) is 0 Å². The minimum atomic E-state index is -1.75. The molecule has 20 atom stereocenters. The van der Waals surface area contributed by atoms with Gasteiger partial charge in [0.15, 0.2) is 18.4 Å². The van der Waals surface area contributed by atoms with Gasteiger partial charge in [-0.25, -0.2) is 0 Å². The third kappa shape index (κ3) is 10.2. The minimum Gasteiger partial charge on any atom is -0.462 e. The van der Waals surface area contributed by atoms with Crippen LogP contribution in [0.2, 0.25) is 0 Å². The molecule has 4 fully saturated rings. The van der Waals surface area contributed by atoms with Crippen LogP contribution < -0.4 is 0 Å². The zero-order valence-corrected chi connectivity index (χ0v) is 38.9. The third-order valence-electron chi connectivity index (χ3n) is 14.9. The van der Waals surface area contributed by atoms with Gasteiger partial charge in [-0.3, -0.25) is 4.79 Å². The number of hydrogen-bond acceptors (Lipinski definition) is 14. The monoisotopic (exact) mass is 887 g/mol. The Bertz CT molecular complexity index is 1740. The van der Waals surface area contributed by atoms with E-state index in [9.17, 15) is 20.1 Å². The van der Waals surface area contributed by atoms with Gasteiger partial charge in [-0.1, -0.05) is 70.6 Å². The van der Waals surface area contributed by atoms with Crippen molar-refractivity contribution in [2.24, 2.45) is 29.6 Å². The number of hydrogen-bond donors (Lipinski definition) is 3. The number of esters is 1. The van der Waals surface area contributed by atoms with Gasteiger partial charge in [0.05, 0.1) is 62.0 Å². The zero-order valence-electron chi connectivity index (χ0n) is 38.9. The Morgan fingerprint density at radius 2 is 1.60 bits per heavy atom. The lowest BCUT2D eigenvalue weighted by Crippen LogP contribution is -2.61. The van der Waals surface area contributed by atoms with Crippen LogP contribution in [0.25, 0.3) is 0 Å². The molecule has 63 heavy (non-hydrogen) atoms. The molecule has 3 N–H and O–H groups in total. The fourth-order valence-electron chi connectivity index (χ4n) is 10.9. The summed E-state index contributed by atoms with van der Waals surface area (Å²) in [5.41, 5.74) is 0.277.